The highest BCUT2D eigenvalue weighted by Crippen LogP contribution is 2.47. The molecule has 14 N–H and O–H groups in total. The van der Waals surface area contributed by atoms with E-state index in [1.807, 2.05) is 6.07 Å². The molecule has 0 aromatic heterocycles. The maximum atomic E-state index is 13.7. The maximum absolute atomic E-state index is 13.7. The fourth-order valence-electron chi connectivity index (χ4n) is 5.62. The number of carbonyl (C=O) groups is 2. The third-order valence-corrected chi connectivity index (χ3v) is 8.30. The molecule has 0 spiro atoms. The van der Waals surface area contributed by atoms with Crippen molar-refractivity contribution in [1.29, 1.82) is 0 Å². The monoisotopic (exact) mass is 712 g/mol. The van der Waals surface area contributed by atoms with Crippen molar-refractivity contribution in [1.82, 2.24) is 10.6 Å². The Hall–Kier alpha value is -4.94. The van der Waals surface area contributed by atoms with Gasteiger partial charge in [-0.05, 0) is 67.2 Å². The number of unbranched alkanes of at least 4 members (excludes halogenated alkanes) is 2. The summed E-state index contributed by atoms with van der Waals surface area (Å²) in [6.07, 6.45) is -2.03. The Kier molecular flexibility index (Phi) is 14.4. The van der Waals surface area contributed by atoms with Gasteiger partial charge >= 0.3 is 0 Å². The zero-order valence-electron chi connectivity index (χ0n) is 28.1. The highest BCUT2D eigenvalue weighted by molar-refractivity contribution is 5.92. The number of amides is 2. The second kappa shape index (κ2) is 18.9. The van der Waals surface area contributed by atoms with Crippen LogP contribution >= 0.6 is 0 Å². The van der Waals surface area contributed by atoms with Gasteiger partial charge in [0.15, 0.2) is 11.9 Å². The van der Waals surface area contributed by atoms with E-state index in [-0.39, 0.29) is 29.5 Å². The molecule has 0 saturated carbocycles. The molecular weight excluding hydrogens is 664 g/mol. The molecule has 2 heterocycles. The van der Waals surface area contributed by atoms with Crippen LogP contribution in [0.1, 0.15) is 54.4 Å². The first-order valence-electron chi connectivity index (χ1n) is 16.7. The van der Waals surface area contributed by atoms with Gasteiger partial charge in [-0.1, -0.05) is 18.2 Å². The Morgan fingerprint density at radius 3 is 2.12 bits per heavy atom. The summed E-state index contributed by atoms with van der Waals surface area (Å²) in [5, 5.41) is 45.8. The van der Waals surface area contributed by atoms with Crippen LogP contribution in [0.3, 0.4) is 0 Å². The van der Waals surface area contributed by atoms with Crippen LogP contribution in [0.4, 0.5) is 0 Å². The summed E-state index contributed by atoms with van der Waals surface area (Å²) < 4.78 is 17.5. The Morgan fingerprint density at radius 1 is 0.843 bits per heavy atom. The van der Waals surface area contributed by atoms with Gasteiger partial charge < -0.3 is 68.2 Å². The zero-order chi connectivity index (χ0) is 36.9. The second-order valence-electron chi connectivity index (χ2n) is 12.1. The summed E-state index contributed by atoms with van der Waals surface area (Å²) >= 11 is 0. The van der Waals surface area contributed by atoms with Crippen molar-refractivity contribution in [3.05, 3.63) is 65.2 Å². The molecule has 2 aliphatic heterocycles. The van der Waals surface area contributed by atoms with Crippen LogP contribution in [0.2, 0.25) is 0 Å². The lowest BCUT2D eigenvalue weighted by Crippen LogP contribution is -2.60. The third-order valence-electron chi connectivity index (χ3n) is 8.30. The topological polar surface area (TPSA) is 296 Å². The number of benzene rings is 2. The molecule has 51 heavy (non-hydrogen) atoms. The summed E-state index contributed by atoms with van der Waals surface area (Å²) in [6, 6.07) is 11.9. The van der Waals surface area contributed by atoms with Crippen LogP contribution in [-0.2, 0) is 14.3 Å². The van der Waals surface area contributed by atoms with E-state index in [4.69, 9.17) is 37.1 Å². The molecule has 0 unspecified atom stereocenters. The average Bonchev–Trinajstić information content (AvgIpc) is 3.49. The molecular formula is C34H48N8O9. The van der Waals surface area contributed by atoms with Gasteiger partial charge in [0.2, 0.25) is 18.1 Å². The van der Waals surface area contributed by atoms with E-state index in [1.165, 1.54) is 6.08 Å². The van der Waals surface area contributed by atoms with Gasteiger partial charge in [0.1, 0.15) is 47.9 Å². The molecule has 0 aliphatic carbocycles. The van der Waals surface area contributed by atoms with Crippen molar-refractivity contribution in [2.24, 2.45) is 32.9 Å². The number of hydrogen-bond acceptors (Lipinski definition) is 11. The van der Waals surface area contributed by atoms with E-state index in [0.717, 1.165) is 6.42 Å². The van der Waals surface area contributed by atoms with Crippen molar-refractivity contribution in [2.75, 3.05) is 32.8 Å². The van der Waals surface area contributed by atoms with Crippen molar-refractivity contribution < 1.29 is 44.2 Å². The highest BCUT2D eigenvalue weighted by atomic mass is 16.7. The molecule has 1 fully saturated rings. The lowest BCUT2D eigenvalue weighted by Gasteiger charge is -2.39. The van der Waals surface area contributed by atoms with Gasteiger partial charge in [-0.2, -0.15) is 0 Å². The van der Waals surface area contributed by atoms with Gasteiger partial charge in [-0.3, -0.25) is 19.6 Å². The van der Waals surface area contributed by atoms with Crippen molar-refractivity contribution in [3.63, 3.8) is 0 Å². The molecule has 4 rings (SSSR count). The van der Waals surface area contributed by atoms with Gasteiger partial charge in [0.25, 0.3) is 0 Å². The normalized spacial score (nSPS) is 23.9. The lowest BCUT2D eigenvalue weighted by molar-refractivity contribution is -0.277. The Morgan fingerprint density at radius 2 is 1.49 bits per heavy atom. The number of guanidine groups is 2. The molecule has 2 amide bonds. The first-order chi connectivity index (χ1) is 24.5. The number of hydrogen-bond donors (Lipinski definition) is 10. The summed E-state index contributed by atoms with van der Waals surface area (Å²) in [5.74, 6) is -0.466. The van der Waals surface area contributed by atoms with E-state index in [1.54, 1.807) is 42.5 Å². The van der Waals surface area contributed by atoms with E-state index >= 15 is 0 Å². The first kappa shape index (κ1) is 38.9. The van der Waals surface area contributed by atoms with Crippen molar-refractivity contribution in [2.45, 2.75) is 68.4 Å². The predicted molar refractivity (Wildman–Crippen MR) is 188 cm³/mol. The number of nitrogens with one attached hydrogen (secondary N) is 2. The highest BCUT2D eigenvalue weighted by Gasteiger charge is 2.45. The average molecular weight is 713 g/mol. The van der Waals surface area contributed by atoms with Gasteiger partial charge in [0.05, 0.1) is 6.61 Å². The first-order valence-corrected chi connectivity index (χ1v) is 16.7. The van der Waals surface area contributed by atoms with Gasteiger partial charge in [-0.15, -0.1) is 0 Å². The molecule has 1 saturated heterocycles. The summed E-state index contributed by atoms with van der Waals surface area (Å²) in [5.41, 5.74) is 23.4. The van der Waals surface area contributed by atoms with Crippen LogP contribution in [-0.4, -0.2) is 108 Å². The standard InChI is InChI=1S/C34H48N8O9/c35-33(36)41-15-3-1-13-39-25(44)12-6-19-5-11-23-22(17-19)26(31(48)40-14-2-4-16-42-34(37)38)30(50-23)20-7-9-21(10-8-20)49-32-29(47)28(46)27(45)24(18-43)51-32/h5-12,17,24,26-30,32,43,45-47H,1-4,13-16,18H2,(H,39,44)(H,40,48)(H4,35,36,41)(H4,37,38,42)/b12-6+/t24-,26-,27-,28+,29-,30-,32-/m1/s1. The number of aliphatic imine (C=N–C) groups is 2. The molecule has 17 nitrogen and oxygen atoms in total. The zero-order valence-corrected chi connectivity index (χ0v) is 28.1. The minimum atomic E-state index is -1.58. The van der Waals surface area contributed by atoms with E-state index in [2.05, 4.69) is 20.6 Å². The Labute approximate surface area is 295 Å². The second-order valence-corrected chi connectivity index (χ2v) is 12.1. The number of rotatable bonds is 17. The Bertz CT molecular complexity index is 1540. The minimum Gasteiger partial charge on any atom is -0.484 e. The SMILES string of the molecule is NC(N)=NCCCCNC(=O)/C=C/c1ccc2c(c1)[C@@H](C(=O)NCCCCN=C(N)N)[C@@H](c1ccc(O[C@@H]3O[C@H](CO)[C@@H](O)[C@H](O)[C@H]3O)cc1)O2. The van der Waals surface area contributed by atoms with Crippen molar-refractivity contribution in [3.8, 4) is 11.5 Å². The number of nitrogens with zero attached hydrogens (tertiary/aromatic N) is 2. The van der Waals surface area contributed by atoms with E-state index in [9.17, 15) is 30.0 Å². The van der Waals surface area contributed by atoms with E-state index in [0.29, 0.717) is 67.9 Å². The maximum Gasteiger partial charge on any atom is 0.243 e. The number of nitrogens with two attached hydrogens (primary N) is 4. The number of ether oxygens (including phenoxy) is 3. The van der Waals surface area contributed by atoms with Crippen LogP contribution in [0.25, 0.3) is 6.08 Å². The number of aliphatic hydroxyl groups is 4. The molecule has 278 valence electrons. The van der Waals surface area contributed by atoms with Crippen LogP contribution in [0, 0.1) is 0 Å². The molecule has 0 bridgehead atoms. The van der Waals surface area contributed by atoms with Gasteiger partial charge in [-0.25, -0.2) is 0 Å². The van der Waals surface area contributed by atoms with Crippen LogP contribution in [0.15, 0.2) is 58.5 Å². The smallest absolute Gasteiger partial charge is 0.243 e. The molecule has 2 aliphatic rings. The predicted octanol–water partition coefficient (Wildman–Crippen LogP) is -1.56. The number of aliphatic hydroxyl groups excluding tert-OH is 4. The molecule has 2 aromatic rings. The van der Waals surface area contributed by atoms with Gasteiger partial charge in [0, 0.05) is 37.8 Å². The van der Waals surface area contributed by atoms with E-state index < -0.39 is 49.3 Å². The van der Waals surface area contributed by atoms with Crippen LogP contribution < -0.4 is 43.0 Å². The third kappa shape index (κ3) is 11.0. The number of fused-ring (bicyclic) bond motifs is 1. The van der Waals surface area contributed by atoms with Crippen LogP contribution in [0.5, 0.6) is 11.5 Å². The fourth-order valence-corrected chi connectivity index (χ4v) is 5.62. The minimum absolute atomic E-state index is 0.00745. The largest absolute Gasteiger partial charge is 0.484 e. The summed E-state index contributed by atoms with van der Waals surface area (Å²) in [6.45, 7) is 1.18. The molecule has 17 heteroatoms. The summed E-state index contributed by atoms with van der Waals surface area (Å²) in [4.78, 5) is 34.0. The number of carbonyl (C=O) groups excluding carboxylic acids is 2. The molecule has 7 atom stereocenters. The molecule has 0 radical (unpaired) electrons. The van der Waals surface area contributed by atoms with Crippen molar-refractivity contribution >= 4 is 29.8 Å². The Balaban J connectivity index is 1.46. The summed E-state index contributed by atoms with van der Waals surface area (Å²) in [7, 11) is 0. The fraction of sp³-hybridized carbons (Fsp3) is 0.471. The molecule has 2 aromatic carbocycles. The quantitative estimate of drug-likeness (QED) is 0.0385. The lowest BCUT2D eigenvalue weighted by atomic mass is 9.89.